The Morgan fingerprint density at radius 2 is 2.00 bits per heavy atom. The predicted octanol–water partition coefficient (Wildman–Crippen LogP) is 3.70. The Balaban J connectivity index is 2.26. The van der Waals surface area contributed by atoms with E-state index in [-0.39, 0.29) is 0 Å². The number of methoxy groups -OCH3 is 1. The molecule has 0 saturated carbocycles. The molecule has 96 valence electrons. The van der Waals surface area contributed by atoms with Crippen LogP contribution in [0.5, 0.6) is 5.75 Å². The monoisotopic (exact) mass is 317 g/mol. The molecule has 1 N–H and O–H groups in total. The Kier molecular flexibility index (Phi) is 2.98. The maximum absolute atomic E-state index is 5.36. The van der Waals surface area contributed by atoms with Crippen molar-refractivity contribution in [2.24, 2.45) is 0 Å². The minimum Gasteiger partial charge on any atom is -0.496 e. The van der Waals surface area contributed by atoms with Gasteiger partial charge in [-0.25, -0.2) is 9.97 Å². The molecule has 4 nitrogen and oxygen atoms in total. The highest BCUT2D eigenvalue weighted by atomic mass is 79.9. The maximum atomic E-state index is 5.36. The van der Waals surface area contributed by atoms with E-state index >= 15 is 0 Å². The van der Waals surface area contributed by atoms with E-state index < -0.39 is 0 Å². The van der Waals surface area contributed by atoms with Gasteiger partial charge in [0, 0.05) is 10.7 Å². The molecule has 3 rings (SSSR count). The lowest BCUT2D eigenvalue weighted by atomic mass is 10.2. The van der Waals surface area contributed by atoms with Gasteiger partial charge in [-0.2, -0.15) is 0 Å². The van der Waals surface area contributed by atoms with Crippen LogP contribution in [-0.4, -0.2) is 22.1 Å². The average molecular weight is 318 g/mol. The molecule has 0 saturated heterocycles. The van der Waals surface area contributed by atoms with E-state index in [4.69, 9.17) is 4.74 Å². The first-order valence-electron chi connectivity index (χ1n) is 5.85. The third kappa shape index (κ3) is 2.00. The van der Waals surface area contributed by atoms with Gasteiger partial charge in [0.25, 0.3) is 0 Å². The minimum absolute atomic E-state index is 0.664. The number of benzene rings is 1. The van der Waals surface area contributed by atoms with Crippen LogP contribution < -0.4 is 4.74 Å². The second kappa shape index (κ2) is 4.66. The number of aryl methyl sites for hydroxylation is 1. The molecule has 0 unspecified atom stereocenters. The van der Waals surface area contributed by atoms with Crippen molar-refractivity contribution in [3.8, 4) is 17.1 Å². The van der Waals surface area contributed by atoms with E-state index in [1.807, 2.05) is 37.4 Å². The Hall–Kier alpha value is -1.88. The summed E-state index contributed by atoms with van der Waals surface area (Å²) in [5.74, 6) is 1.43. The summed E-state index contributed by atoms with van der Waals surface area (Å²) >= 11 is 3.49. The lowest BCUT2D eigenvalue weighted by Crippen LogP contribution is -1.96. The fourth-order valence-corrected chi connectivity index (χ4v) is 2.71. The van der Waals surface area contributed by atoms with Gasteiger partial charge in [-0.1, -0.05) is 12.1 Å². The fourth-order valence-electron chi connectivity index (χ4n) is 2.12. The topological polar surface area (TPSA) is 50.8 Å². The van der Waals surface area contributed by atoms with Crippen molar-refractivity contribution in [2.45, 2.75) is 6.92 Å². The molecule has 0 fully saturated rings. The first kappa shape index (κ1) is 12.2. The Morgan fingerprint density at radius 1 is 1.21 bits per heavy atom. The van der Waals surface area contributed by atoms with E-state index in [1.165, 1.54) is 0 Å². The number of para-hydroxylation sites is 1. The Labute approximate surface area is 119 Å². The molecule has 2 aromatic heterocycles. The summed E-state index contributed by atoms with van der Waals surface area (Å²) in [6, 6.07) is 7.74. The van der Waals surface area contributed by atoms with E-state index in [9.17, 15) is 0 Å². The van der Waals surface area contributed by atoms with Crippen molar-refractivity contribution in [1.29, 1.82) is 0 Å². The van der Waals surface area contributed by atoms with Gasteiger partial charge < -0.3 is 9.72 Å². The highest BCUT2D eigenvalue weighted by Gasteiger charge is 2.13. The second-order valence-electron chi connectivity index (χ2n) is 4.19. The predicted molar refractivity (Wildman–Crippen MR) is 78.3 cm³/mol. The number of aromatic amines is 1. The van der Waals surface area contributed by atoms with Crippen molar-refractivity contribution in [3.05, 3.63) is 40.6 Å². The lowest BCUT2D eigenvalue weighted by Gasteiger charge is -2.08. The summed E-state index contributed by atoms with van der Waals surface area (Å²) in [7, 11) is 1.65. The van der Waals surface area contributed by atoms with Crippen LogP contribution in [0.2, 0.25) is 0 Å². The smallest absolute Gasteiger partial charge is 0.165 e. The Bertz CT molecular complexity index is 752. The zero-order valence-electron chi connectivity index (χ0n) is 10.6. The molecule has 0 amide bonds. The molecule has 0 bridgehead atoms. The molecule has 0 atom stereocenters. The summed E-state index contributed by atoms with van der Waals surface area (Å²) in [6.45, 7) is 1.97. The van der Waals surface area contributed by atoms with Gasteiger partial charge in [0.2, 0.25) is 0 Å². The van der Waals surface area contributed by atoms with Crippen molar-refractivity contribution >= 4 is 27.0 Å². The zero-order valence-corrected chi connectivity index (χ0v) is 12.2. The second-order valence-corrected chi connectivity index (χ2v) is 5.05. The number of aromatic nitrogens is 3. The van der Waals surface area contributed by atoms with Gasteiger partial charge in [-0.3, -0.25) is 0 Å². The summed E-state index contributed by atoms with van der Waals surface area (Å²) in [5, 5.41) is 1.01. The van der Waals surface area contributed by atoms with Crippen LogP contribution in [0.15, 0.2) is 34.9 Å². The SMILES string of the molecule is COc1ccccc1-c1nc(C)c2c(Br)c[nH]c2n1. The van der Waals surface area contributed by atoms with E-state index in [1.54, 1.807) is 7.11 Å². The fraction of sp³-hybridized carbons (Fsp3) is 0.143. The van der Waals surface area contributed by atoms with E-state index in [0.29, 0.717) is 5.82 Å². The molecule has 0 radical (unpaired) electrons. The van der Waals surface area contributed by atoms with Gasteiger partial charge in [0.1, 0.15) is 11.4 Å². The molecule has 0 spiro atoms. The third-order valence-corrected chi connectivity index (χ3v) is 3.64. The van der Waals surface area contributed by atoms with Crippen LogP contribution >= 0.6 is 15.9 Å². The number of rotatable bonds is 2. The van der Waals surface area contributed by atoms with Crippen LogP contribution in [0.1, 0.15) is 5.69 Å². The minimum atomic E-state index is 0.664. The number of H-pyrrole nitrogens is 1. The molecule has 0 aliphatic carbocycles. The maximum Gasteiger partial charge on any atom is 0.165 e. The molecular weight excluding hydrogens is 306 g/mol. The van der Waals surface area contributed by atoms with Crippen LogP contribution in [0, 0.1) is 6.92 Å². The molecule has 5 heteroatoms. The van der Waals surface area contributed by atoms with Crippen LogP contribution in [-0.2, 0) is 0 Å². The van der Waals surface area contributed by atoms with Crippen molar-refractivity contribution < 1.29 is 4.74 Å². The van der Waals surface area contributed by atoms with Crippen molar-refractivity contribution in [2.75, 3.05) is 7.11 Å². The number of nitrogens with one attached hydrogen (secondary N) is 1. The van der Waals surface area contributed by atoms with Gasteiger partial charge in [-0.15, -0.1) is 0 Å². The number of nitrogens with zero attached hydrogens (tertiary/aromatic N) is 2. The standard InChI is InChI=1S/C14H12BrN3O/c1-8-12-10(15)7-16-14(12)18-13(17-8)9-5-3-4-6-11(9)19-2/h3-7H,1-2H3,(H,16,17,18). The van der Waals surface area contributed by atoms with E-state index in [0.717, 1.165) is 32.5 Å². The van der Waals surface area contributed by atoms with Gasteiger partial charge in [-0.05, 0) is 35.0 Å². The van der Waals surface area contributed by atoms with E-state index in [2.05, 4.69) is 30.9 Å². The number of ether oxygens (including phenoxy) is 1. The quantitative estimate of drug-likeness (QED) is 0.784. The summed E-state index contributed by atoms with van der Waals surface area (Å²) in [4.78, 5) is 12.3. The molecule has 3 aromatic rings. The third-order valence-electron chi connectivity index (χ3n) is 3.01. The summed E-state index contributed by atoms with van der Waals surface area (Å²) < 4.78 is 6.34. The number of hydrogen-bond acceptors (Lipinski definition) is 3. The summed E-state index contributed by atoms with van der Waals surface area (Å²) in [6.07, 6.45) is 1.87. The highest BCUT2D eigenvalue weighted by molar-refractivity contribution is 9.10. The largest absolute Gasteiger partial charge is 0.496 e. The first-order chi connectivity index (χ1) is 9.20. The molecule has 1 aromatic carbocycles. The highest BCUT2D eigenvalue weighted by Crippen LogP contribution is 2.30. The molecule has 0 aliphatic rings. The van der Waals surface area contributed by atoms with Crippen LogP contribution in [0.4, 0.5) is 0 Å². The number of hydrogen-bond donors (Lipinski definition) is 1. The summed E-state index contributed by atoms with van der Waals surface area (Å²) in [5.41, 5.74) is 2.64. The molecular formula is C14H12BrN3O. The van der Waals surface area contributed by atoms with Crippen LogP contribution in [0.3, 0.4) is 0 Å². The molecule has 19 heavy (non-hydrogen) atoms. The molecule has 2 heterocycles. The zero-order chi connectivity index (χ0) is 13.4. The van der Waals surface area contributed by atoms with Crippen LogP contribution in [0.25, 0.3) is 22.4 Å². The lowest BCUT2D eigenvalue weighted by molar-refractivity contribution is 0.416. The van der Waals surface area contributed by atoms with Crippen molar-refractivity contribution in [1.82, 2.24) is 15.0 Å². The Morgan fingerprint density at radius 3 is 2.79 bits per heavy atom. The van der Waals surface area contributed by atoms with Gasteiger partial charge in [0.15, 0.2) is 5.82 Å². The molecule has 0 aliphatic heterocycles. The van der Waals surface area contributed by atoms with Gasteiger partial charge in [0.05, 0.1) is 23.8 Å². The number of halogens is 1. The van der Waals surface area contributed by atoms with Crippen molar-refractivity contribution in [3.63, 3.8) is 0 Å². The van der Waals surface area contributed by atoms with Gasteiger partial charge >= 0.3 is 0 Å². The normalized spacial score (nSPS) is 10.9. The number of fused-ring (bicyclic) bond motifs is 1. The first-order valence-corrected chi connectivity index (χ1v) is 6.64. The average Bonchev–Trinajstić information content (AvgIpc) is 2.80.